The zero-order chi connectivity index (χ0) is 19.6. The normalized spacial score (nSPS) is 29.1. The number of nitrogens with zero attached hydrogens (tertiary/aromatic N) is 2. The number of fused-ring (bicyclic) bond motifs is 1. The zero-order valence-electron chi connectivity index (χ0n) is 15.8. The Hall–Kier alpha value is -0.840. The molecule has 1 aliphatic carbocycles. The van der Waals surface area contributed by atoms with Gasteiger partial charge in [-0.1, -0.05) is 30.3 Å². The lowest BCUT2D eigenvalue weighted by Gasteiger charge is -2.24. The van der Waals surface area contributed by atoms with Crippen molar-refractivity contribution in [3.63, 3.8) is 0 Å². The smallest absolute Gasteiger partial charge is 0.191 e. The third kappa shape index (κ3) is 4.78. The lowest BCUT2D eigenvalue weighted by atomic mass is 10.2. The minimum Gasteiger partial charge on any atom is -0.394 e. The third-order valence-electron chi connectivity index (χ3n) is 4.47. The first kappa shape index (κ1) is 20.9. The number of hydrogen-bond donors (Lipinski definition) is 3. The number of thioether (sulfide) groups is 1. The predicted octanol–water partition coefficient (Wildman–Crippen LogP) is 2.30. The van der Waals surface area contributed by atoms with E-state index in [1.54, 1.807) is 0 Å². The van der Waals surface area contributed by atoms with E-state index in [1.165, 1.54) is 11.8 Å². The number of rotatable bonds is 8. The van der Waals surface area contributed by atoms with Crippen molar-refractivity contribution >= 4 is 34.9 Å². The Labute approximate surface area is 168 Å². The molecule has 0 unspecified atom stereocenters. The molecule has 3 rings (SSSR count). The molecule has 152 valence electrons. The van der Waals surface area contributed by atoms with Crippen molar-refractivity contribution in [2.24, 2.45) is 0 Å². The summed E-state index contributed by atoms with van der Waals surface area (Å²) in [5.74, 6) is 0.692. The molecule has 0 aromatic carbocycles. The summed E-state index contributed by atoms with van der Waals surface area (Å²) in [6.07, 6.45) is 1.02. The molecule has 10 heteroatoms. The molecule has 1 saturated carbocycles. The predicted molar refractivity (Wildman–Crippen MR) is 105 cm³/mol. The molecule has 27 heavy (non-hydrogen) atoms. The number of anilines is 2. The van der Waals surface area contributed by atoms with Crippen LogP contribution in [0.1, 0.15) is 33.6 Å². The molecular weight excluding hydrogens is 392 g/mol. The van der Waals surface area contributed by atoms with Gasteiger partial charge in [-0.05, 0) is 26.7 Å². The Morgan fingerprint density at radius 1 is 1.37 bits per heavy atom. The first-order valence-electron chi connectivity index (χ1n) is 9.15. The maximum atomic E-state index is 9.08. The minimum atomic E-state index is -0.701. The number of aliphatic hydroxyl groups excluding tert-OH is 1. The zero-order valence-corrected chi connectivity index (χ0v) is 17.3. The average Bonchev–Trinajstić information content (AvgIpc) is 3.09. The standard InChI is InChI=1S/C17H27ClN4O4S/c1-4-7-27-16-21-14(18)11(19)15(22-16)20-9-8-10(24-6-5-23)13-12(9)25-17(2,3)26-13/h9-10,12-13,23H,4-8,19H2,1-3H3,(H,20,21,22)/t9-,10+,12+,13+/m0/s1. The van der Waals surface area contributed by atoms with Gasteiger partial charge in [-0.15, -0.1) is 0 Å². The molecule has 0 bridgehead atoms. The molecule has 1 aliphatic heterocycles. The fourth-order valence-electron chi connectivity index (χ4n) is 3.41. The van der Waals surface area contributed by atoms with Crippen LogP contribution in [0.15, 0.2) is 5.16 Å². The maximum Gasteiger partial charge on any atom is 0.191 e. The number of ether oxygens (including phenoxy) is 3. The number of nitrogens with one attached hydrogen (secondary N) is 1. The molecule has 1 saturated heterocycles. The Balaban J connectivity index is 1.79. The third-order valence-corrected chi connectivity index (χ3v) is 5.81. The van der Waals surface area contributed by atoms with E-state index in [2.05, 4.69) is 22.2 Å². The van der Waals surface area contributed by atoms with Crippen LogP contribution in [0.3, 0.4) is 0 Å². The maximum absolute atomic E-state index is 9.08. The van der Waals surface area contributed by atoms with E-state index in [4.69, 9.17) is 36.7 Å². The Morgan fingerprint density at radius 2 is 2.11 bits per heavy atom. The summed E-state index contributed by atoms with van der Waals surface area (Å²) in [5.41, 5.74) is 6.41. The van der Waals surface area contributed by atoms with Crippen molar-refractivity contribution in [2.45, 2.75) is 68.9 Å². The van der Waals surface area contributed by atoms with E-state index in [0.29, 0.717) is 23.1 Å². The number of aromatic nitrogens is 2. The van der Waals surface area contributed by atoms with Gasteiger partial charge >= 0.3 is 0 Å². The lowest BCUT2D eigenvalue weighted by molar-refractivity contribution is -0.167. The van der Waals surface area contributed by atoms with Crippen molar-refractivity contribution in [3.8, 4) is 0 Å². The van der Waals surface area contributed by atoms with E-state index in [-0.39, 0.29) is 42.7 Å². The molecule has 2 heterocycles. The molecule has 1 aromatic heterocycles. The van der Waals surface area contributed by atoms with Crippen molar-refractivity contribution in [3.05, 3.63) is 5.15 Å². The van der Waals surface area contributed by atoms with E-state index < -0.39 is 5.79 Å². The molecule has 1 aromatic rings. The van der Waals surface area contributed by atoms with Crippen molar-refractivity contribution in [2.75, 3.05) is 30.0 Å². The van der Waals surface area contributed by atoms with Gasteiger partial charge in [0.25, 0.3) is 0 Å². The van der Waals surface area contributed by atoms with E-state index >= 15 is 0 Å². The first-order valence-corrected chi connectivity index (χ1v) is 10.5. The number of aliphatic hydroxyl groups is 1. The van der Waals surface area contributed by atoms with Crippen LogP contribution in [0.5, 0.6) is 0 Å². The van der Waals surface area contributed by atoms with Crippen LogP contribution in [-0.2, 0) is 14.2 Å². The van der Waals surface area contributed by atoms with Gasteiger partial charge in [0.2, 0.25) is 0 Å². The van der Waals surface area contributed by atoms with Crippen LogP contribution in [0, 0.1) is 0 Å². The summed E-state index contributed by atoms with van der Waals surface area (Å²) in [7, 11) is 0. The summed E-state index contributed by atoms with van der Waals surface area (Å²) >= 11 is 7.73. The van der Waals surface area contributed by atoms with Crippen molar-refractivity contribution < 1.29 is 19.3 Å². The summed E-state index contributed by atoms with van der Waals surface area (Å²) in [6, 6.07) is -0.113. The topological polar surface area (TPSA) is 112 Å². The second-order valence-electron chi connectivity index (χ2n) is 7.09. The average molecular weight is 419 g/mol. The van der Waals surface area contributed by atoms with Gasteiger partial charge in [-0.25, -0.2) is 9.97 Å². The second kappa shape index (κ2) is 8.67. The van der Waals surface area contributed by atoms with Gasteiger partial charge in [-0.2, -0.15) is 0 Å². The molecule has 0 radical (unpaired) electrons. The number of halogens is 1. The lowest BCUT2D eigenvalue weighted by Crippen LogP contribution is -2.35. The largest absolute Gasteiger partial charge is 0.394 e. The van der Waals surface area contributed by atoms with Gasteiger partial charge in [0.15, 0.2) is 21.9 Å². The highest BCUT2D eigenvalue weighted by Crippen LogP contribution is 2.41. The van der Waals surface area contributed by atoms with Gasteiger partial charge in [-0.3, -0.25) is 0 Å². The monoisotopic (exact) mass is 418 g/mol. The molecule has 4 N–H and O–H groups in total. The number of nitrogens with two attached hydrogens (primary N) is 1. The van der Waals surface area contributed by atoms with Crippen LogP contribution < -0.4 is 11.1 Å². The highest BCUT2D eigenvalue weighted by molar-refractivity contribution is 7.99. The molecule has 8 nitrogen and oxygen atoms in total. The van der Waals surface area contributed by atoms with Crippen LogP contribution in [-0.4, -0.2) is 64.2 Å². The number of nitrogen functional groups attached to an aromatic ring is 1. The molecule has 2 fully saturated rings. The second-order valence-corrected chi connectivity index (χ2v) is 8.51. The van der Waals surface area contributed by atoms with Crippen LogP contribution in [0.25, 0.3) is 0 Å². The van der Waals surface area contributed by atoms with E-state index in [9.17, 15) is 0 Å². The highest BCUT2D eigenvalue weighted by atomic mass is 35.5. The summed E-state index contributed by atoms with van der Waals surface area (Å²) < 4.78 is 17.9. The van der Waals surface area contributed by atoms with Gasteiger partial charge in [0.1, 0.15) is 17.9 Å². The Bertz CT molecular complexity index is 666. The van der Waals surface area contributed by atoms with Crippen LogP contribution in [0.2, 0.25) is 5.15 Å². The van der Waals surface area contributed by atoms with Crippen molar-refractivity contribution in [1.29, 1.82) is 0 Å². The quantitative estimate of drug-likeness (QED) is 0.332. The first-order chi connectivity index (χ1) is 12.8. The summed E-state index contributed by atoms with van der Waals surface area (Å²) in [5, 5.41) is 13.3. The van der Waals surface area contributed by atoms with Gasteiger partial charge < -0.3 is 30.4 Å². The highest BCUT2D eigenvalue weighted by Gasteiger charge is 2.54. The van der Waals surface area contributed by atoms with E-state index in [1.807, 2.05) is 13.8 Å². The van der Waals surface area contributed by atoms with Crippen LogP contribution >= 0.6 is 23.4 Å². The summed E-state index contributed by atoms with van der Waals surface area (Å²) in [6.45, 7) is 6.06. The number of hydrogen-bond acceptors (Lipinski definition) is 9. The minimum absolute atomic E-state index is 0.0390. The van der Waals surface area contributed by atoms with Gasteiger partial charge in [0.05, 0.1) is 25.4 Å². The Morgan fingerprint density at radius 3 is 2.81 bits per heavy atom. The Kier molecular flexibility index (Phi) is 6.70. The molecule has 0 spiro atoms. The summed E-state index contributed by atoms with van der Waals surface area (Å²) in [4.78, 5) is 8.76. The van der Waals surface area contributed by atoms with Gasteiger partial charge in [0, 0.05) is 5.75 Å². The SMILES string of the molecule is CCCSc1nc(Cl)c(N)c(N[C@H]2C[C@@H](OCCO)[C@H]3OC(C)(C)O[C@@H]32)n1. The fraction of sp³-hybridized carbons (Fsp3) is 0.765. The fourth-order valence-corrected chi connectivity index (χ4v) is 4.33. The van der Waals surface area contributed by atoms with Crippen molar-refractivity contribution in [1.82, 2.24) is 9.97 Å². The molecular formula is C17H27ClN4O4S. The molecule has 4 atom stereocenters. The van der Waals surface area contributed by atoms with Crippen LogP contribution in [0.4, 0.5) is 11.5 Å². The van der Waals surface area contributed by atoms with E-state index in [0.717, 1.165) is 12.2 Å². The molecule has 0 amide bonds. The molecule has 2 aliphatic rings.